The summed E-state index contributed by atoms with van der Waals surface area (Å²) < 4.78 is 1.91. The van der Waals surface area contributed by atoms with Gasteiger partial charge in [0.05, 0.1) is 78.2 Å². The van der Waals surface area contributed by atoms with Gasteiger partial charge in [0.2, 0.25) is 5.78 Å². The lowest BCUT2D eigenvalue weighted by atomic mass is 10.1. The highest BCUT2D eigenvalue weighted by molar-refractivity contribution is 6.23. The van der Waals surface area contributed by atoms with E-state index in [0.717, 1.165) is 70.7 Å². The standard InChI is InChI=1S/C30H44N7O/c1-36(2,3)19-7-17-32-23-9-13-25(14-10-23)34-28-22-29(30(38)21-27(28)31)35-26-15-11-24(12-16-26)33-18-8-20-37(4,5)6/h9-16,21-22H,7-8,17-20H2,1-6H3,(H4-,31,32,33,34,35,38)/q+1/p+1. The third kappa shape index (κ3) is 10.0. The molecule has 0 heterocycles. The van der Waals surface area contributed by atoms with Crippen LogP contribution in [0.3, 0.4) is 0 Å². The van der Waals surface area contributed by atoms with E-state index in [1.54, 1.807) is 6.08 Å². The summed E-state index contributed by atoms with van der Waals surface area (Å²) in [5.74, 6) is -0.169. The lowest BCUT2D eigenvalue weighted by Gasteiger charge is -2.23. The summed E-state index contributed by atoms with van der Waals surface area (Å²) in [4.78, 5) is 17.3. The summed E-state index contributed by atoms with van der Waals surface area (Å²) in [5, 5.41) is 10.1. The maximum Gasteiger partial charge on any atom is 0.204 e. The zero-order valence-corrected chi connectivity index (χ0v) is 23.8. The second-order valence-corrected chi connectivity index (χ2v) is 11.9. The maximum atomic E-state index is 12.6. The smallest absolute Gasteiger partial charge is 0.204 e. The third-order valence-electron chi connectivity index (χ3n) is 6.08. The largest absolute Gasteiger partial charge is 0.397 e. The number of benzene rings is 2. The number of allylic oxidation sites excluding steroid dienone is 2. The zero-order chi connectivity index (χ0) is 27.8. The van der Waals surface area contributed by atoms with E-state index < -0.39 is 0 Å². The highest BCUT2D eigenvalue weighted by atomic mass is 16.1. The molecule has 1 aliphatic rings. The van der Waals surface area contributed by atoms with Crippen LogP contribution in [0, 0.1) is 0 Å². The van der Waals surface area contributed by atoms with Crippen molar-refractivity contribution < 1.29 is 13.8 Å². The van der Waals surface area contributed by atoms with Gasteiger partial charge < -0.3 is 30.7 Å². The molecule has 0 bridgehead atoms. The Bertz CT molecular complexity index is 1170. The number of ketones is 1. The van der Waals surface area contributed by atoms with E-state index in [9.17, 15) is 4.79 Å². The molecular formula is C30H45N7O+2. The molecule has 0 aliphatic heterocycles. The molecule has 0 aromatic heterocycles. The minimum atomic E-state index is -0.169. The molecule has 0 radical (unpaired) electrons. The number of hydrogen-bond donors (Lipinski definition) is 4. The Hall–Kier alpha value is -3.62. The minimum absolute atomic E-state index is 0.169. The van der Waals surface area contributed by atoms with Crippen molar-refractivity contribution in [3.8, 4) is 0 Å². The van der Waals surface area contributed by atoms with Crippen molar-refractivity contribution in [2.75, 3.05) is 84.4 Å². The summed E-state index contributed by atoms with van der Waals surface area (Å²) in [6, 6.07) is 15.9. The van der Waals surface area contributed by atoms with Crippen molar-refractivity contribution in [3.63, 3.8) is 0 Å². The number of aliphatic imine (C=N–C) groups is 1. The molecule has 38 heavy (non-hydrogen) atoms. The van der Waals surface area contributed by atoms with E-state index >= 15 is 0 Å². The Morgan fingerprint density at radius 3 is 1.68 bits per heavy atom. The second-order valence-electron chi connectivity index (χ2n) is 11.9. The quantitative estimate of drug-likeness (QED) is 0.181. The van der Waals surface area contributed by atoms with Crippen molar-refractivity contribution in [1.29, 1.82) is 0 Å². The number of quaternary nitrogens is 2. The monoisotopic (exact) mass is 519 g/mol. The first-order valence-electron chi connectivity index (χ1n) is 13.3. The summed E-state index contributed by atoms with van der Waals surface area (Å²) >= 11 is 0. The number of carbonyl (C=O) groups excluding carboxylic acids is 1. The number of nitrogens with two attached hydrogens (primary N) is 1. The number of carbonyl (C=O) groups is 1. The van der Waals surface area contributed by atoms with Gasteiger partial charge in [-0.25, -0.2) is 4.99 Å². The van der Waals surface area contributed by atoms with Gasteiger partial charge in [-0.15, -0.1) is 0 Å². The van der Waals surface area contributed by atoms with Crippen molar-refractivity contribution in [1.82, 2.24) is 0 Å². The summed E-state index contributed by atoms with van der Waals surface area (Å²) in [6.45, 7) is 4.07. The van der Waals surface area contributed by atoms with Crippen LogP contribution < -0.4 is 21.7 Å². The Morgan fingerprint density at radius 1 is 0.711 bits per heavy atom. The van der Waals surface area contributed by atoms with E-state index in [4.69, 9.17) is 5.73 Å². The molecule has 0 amide bonds. The van der Waals surface area contributed by atoms with Gasteiger partial charge >= 0.3 is 0 Å². The minimum Gasteiger partial charge on any atom is -0.397 e. The number of hydrogen-bond acceptors (Lipinski definition) is 6. The first-order chi connectivity index (χ1) is 17.9. The van der Waals surface area contributed by atoms with E-state index in [1.165, 1.54) is 6.08 Å². The van der Waals surface area contributed by atoms with Gasteiger partial charge in [0.25, 0.3) is 0 Å². The Morgan fingerprint density at radius 2 is 1.18 bits per heavy atom. The van der Waals surface area contributed by atoms with Crippen molar-refractivity contribution in [2.45, 2.75) is 12.8 Å². The average Bonchev–Trinajstić information content (AvgIpc) is 2.83. The molecule has 204 valence electrons. The fraction of sp³-hybridized carbons (Fsp3) is 0.400. The molecule has 0 saturated carbocycles. The number of nitrogens with one attached hydrogen (secondary N) is 3. The first-order valence-corrected chi connectivity index (χ1v) is 13.3. The van der Waals surface area contributed by atoms with Crippen LogP contribution in [0.2, 0.25) is 0 Å². The molecule has 0 unspecified atom stereocenters. The second kappa shape index (κ2) is 12.8. The molecular weight excluding hydrogens is 474 g/mol. The van der Waals surface area contributed by atoms with Gasteiger partial charge in [0, 0.05) is 49.1 Å². The molecule has 0 saturated heterocycles. The van der Waals surface area contributed by atoms with Crippen LogP contribution >= 0.6 is 0 Å². The Kier molecular flexibility index (Phi) is 9.72. The molecule has 0 fully saturated rings. The molecule has 2 aromatic carbocycles. The Balaban J connectivity index is 1.59. The van der Waals surface area contributed by atoms with E-state index in [0.29, 0.717) is 17.1 Å². The van der Waals surface area contributed by atoms with Crippen LogP contribution in [0.1, 0.15) is 12.8 Å². The van der Waals surface area contributed by atoms with Crippen LogP contribution in [0.4, 0.5) is 22.7 Å². The molecule has 2 aromatic rings. The van der Waals surface area contributed by atoms with Crippen LogP contribution in [0.15, 0.2) is 77.1 Å². The zero-order valence-electron chi connectivity index (χ0n) is 23.8. The van der Waals surface area contributed by atoms with Crippen LogP contribution in [0.25, 0.3) is 0 Å². The fourth-order valence-electron chi connectivity index (χ4n) is 3.97. The van der Waals surface area contributed by atoms with Gasteiger partial charge in [0.1, 0.15) is 0 Å². The van der Waals surface area contributed by atoms with Gasteiger partial charge in [-0.2, -0.15) is 0 Å². The summed E-state index contributed by atoms with van der Waals surface area (Å²) in [5.41, 5.74) is 11.2. The lowest BCUT2D eigenvalue weighted by molar-refractivity contribution is -0.870. The molecule has 5 N–H and O–H groups in total. The van der Waals surface area contributed by atoms with Crippen LogP contribution in [-0.2, 0) is 4.79 Å². The SMILES string of the molecule is C[N+](C)(C)CCCNc1ccc(N=C2C=C(Nc3ccc(NCCC[N+](C)(C)C)cc3)C(=O)C=C2N)cc1. The van der Waals surface area contributed by atoms with Gasteiger partial charge in [-0.1, -0.05) is 0 Å². The Labute approximate surface area is 228 Å². The van der Waals surface area contributed by atoms with Gasteiger partial charge in [-0.3, -0.25) is 4.79 Å². The van der Waals surface area contributed by atoms with Gasteiger partial charge in [-0.05, 0) is 54.6 Å². The summed E-state index contributed by atoms with van der Waals surface area (Å²) in [6.07, 6.45) is 5.33. The first kappa shape index (κ1) is 28.9. The lowest BCUT2D eigenvalue weighted by Crippen LogP contribution is -2.36. The number of anilines is 3. The van der Waals surface area contributed by atoms with Crippen molar-refractivity contribution >= 4 is 34.2 Å². The van der Waals surface area contributed by atoms with Crippen LogP contribution in [-0.4, -0.2) is 88.9 Å². The molecule has 1 aliphatic carbocycles. The number of rotatable bonds is 13. The highest BCUT2D eigenvalue weighted by Crippen LogP contribution is 2.21. The normalized spacial score (nSPS) is 15.2. The summed E-state index contributed by atoms with van der Waals surface area (Å²) in [7, 11) is 13.2. The molecule has 0 atom stereocenters. The average molecular weight is 520 g/mol. The molecule has 8 nitrogen and oxygen atoms in total. The highest BCUT2D eigenvalue weighted by Gasteiger charge is 2.17. The maximum absolute atomic E-state index is 12.6. The van der Waals surface area contributed by atoms with E-state index in [1.807, 2.05) is 48.5 Å². The van der Waals surface area contributed by atoms with E-state index in [-0.39, 0.29) is 5.78 Å². The predicted molar refractivity (Wildman–Crippen MR) is 161 cm³/mol. The number of nitrogens with zero attached hydrogens (tertiary/aromatic N) is 3. The van der Waals surface area contributed by atoms with E-state index in [2.05, 4.69) is 63.2 Å². The molecule has 0 spiro atoms. The third-order valence-corrected chi connectivity index (χ3v) is 6.08. The molecule has 3 rings (SSSR count). The van der Waals surface area contributed by atoms with Gasteiger partial charge in [0.15, 0.2) is 0 Å². The fourth-order valence-corrected chi connectivity index (χ4v) is 3.97. The van der Waals surface area contributed by atoms with Crippen molar-refractivity contribution in [2.24, 2.45) is 10.7 Å². The topological polar surface area (TPSA) is 91.5 Å². The molecule has 8 heteroatoms. The predicted octanol–water partition coefficient (Wildman–Crippen LogP) is 4.20. The van der Waals surface area contributed by atoms with Crippen LogP contribution in [0.5, 0.6) is 0 Å². The van der Waals surface area contributed by atoms with Crippen molar-refractivity contribution in [3.05, 3.63) is 72.1 Å².